The van der Waals surface area contributed by atoms with Crippen LogP contribution in [0.2, 0.25) is 0 Å². The van der Waals surface area contributed by atoms with E-state index < -0.39 is 52.0 Å². The fraction of sp³-hybridized carbons (Fsp3) is 0.568. The standard InChI is InChI=1S/C37H45Cl3F3NO6/c1-4-5-6-7-8-9-10-11-12-13-14-18-21-30-32(44-33(49-30)36(38,39)40)31(26-48-29-24-22-28(46-2)23-25-29)50-34(45)35(47-3,37(41,42)43)27-19-16-15-17-20-27/h15-17,19-20,22-25,30-32H,4-14,26H2,1-3H3/t30-,31-,32+,35+/m1/s1. The maximum absolute atomic E-state index is 14.8. The summed E-state index contributed by atoms with van der Waals surface area (Å²) in [5.74, 6) is 4.82. The molecule has 3 rings (SSSR count). The second-order valence-electron chi connectivity index (χ2n) is 11.9. The van der Waals surface area contributed by atoms with Gasteiger partial charge in [-0.1, -0.05) is 142 Å². The van der Waals surface area contributed by atoms with Crippen molar-refractivity contribution in [1.29, 1.82) is 0 Å². The van der Waals surface area contributed by atoms with Crippen LogP contribution in [-0.4, -0.2) is 60.9 Å². The van der Waals surface area contributed by atoms with Crippen LogP contribution in [0.5, 0.6) is 11.5 Å². The number of unbranched alkanes of at least 4 members (excludes halogenated alkanes) is 10. The summed E-state index contributed by atoms with van der Waals surface area (Å²) in [7, 11) is 2.28. The van der Waals surface area contributed by atoms with Crippen LogP contribution in [0.1, 0.15) is 83.1 Å². The van der Waals surface area contributed by atoms with Crippen molar-refractivity contribution >= 4 is 46.7 Å². The predicted octanol–water partition coefficient (Wildman–Crippen LogP) is 9.94. The Bertz CT molecular complexity index is 1410. The average molecular weight is 763 g/mol. The van der Waals surface area contributed by atoms with Crippen molar-refractivity contribution in [2.75, 3.05) is 20.8 Å². The number of halogens is 6. The highest BCUT2D eigenvalue weighted by molar-refractivity contribution is 6.76. The first kappa shape index (κ1) is 41.6. The molecule has 0 N–H and O–H groups in total. The van der Waals surface area contributed by atoms with E-state index in [1.807, 2.05) is 0 Å². The molecule has 2 aromatic rings. The van der Waals surface area contributed by atoms with Crippen molar-refractivity contribution < 1.29 is 41.7 Å². The van der Waals surface area contributed by atoms with Gasteiger partial charge in [-0.2, -0.15) is 13.2 Å². The molecule has 0 amide bonds. The number of hydrogen-bond acceptors (Lipinski definition) is 7. The van der Waals surface area contributed by atoms with Gasteiger partial charge in [0.05, 0.1) is 7.11 Å². The smallest absolute Gasteiger partial charge is 0.432 e. The maximum atomic E-state index is 14.8. The van der Waals surface area contributed by atoms with Gasteiger partial charge in [-0.25, -0.2) is 9.79 Å². The van der Waals surface area contributed by atoms with Crippen molar-refractivity contribution in [2.24, 2.45) is 4.99 Å². The summed E-state index contributed by atoms with van der Waals surface area (Å²) in [6.07, 6.45) is 4.35. The van der Waals surface area contributed by atoms with Gasteiger partial charge in [-0.05, 0) is 30.7 Å². The van der Waals surface area contributed by atoms with Crippen molar-refractivity contribution in [3.63, 3.8) is 0 Å². The number of esters is 1. The number of carbonyl (C=O) groups excluding carboxylic acids is 1. The highest BCUT2D eigenvalue weighted by atomic mass is 35.6. The van der Waals surface area contributed by atoms with Gasteiger partial charge >= 0.3 is 12.1 Å². The zero-order valence-corrected chi connectivity index (χ0v) is 30.8. The Labute approximate surface area is 308 Å². The lowest BCUT2D eigenvalue weighted by Crippen LogP contribution is -2.54. The first-order valence-corrected chi connectivity index (χ1v) is 18.0. The Balaban J connectivity index is 1.84. The fourth-order valence-corrected chi connectivity index (χ4v) is 5.77. The summed E-state index contributed by atoms with van der Waals surface area (Å²) >= 11 is 18.3. The van der Waals surface area contributed by atoms with Crippen LogP contribution >= 0.6 is 34.8 Å². The molecule has 4 atom stereocenters. The maximum Gasteiger partial charge on any atom is 0.432 e. The molecular formula is C37H45Cl3F3NO6. The topological polar surface area (TPSA) is 75.6 Å². The van der Waals surface area contributed by atoms with Gasteiger partial charge in [0, 0.05) is 19.1 Å². The highest BCUT2D eigenvalue weighted by Crippen LogP contribution is 2.44. The lowest BCUT2D eigenvalue weighted by Gasteiger charge is -2.34. The number of methoxy groups -OCH3 is 2. The van der Waals surface area contributed by atoms with Crippen LogP contribution in [0.15, 0.2) is 59.6 Å². The van der Waals surface area contributed by atoms with Gasteiger partial charge in [0.25, 0.3) is 9.39 Å². The minimum absolute atomic E-state index is 0.317. The molecule has 276 valence electrons. The van der Waals surface area contributed by atoms with Crippen molar-refractivity contribution in [3.8, 4) is 23.3 Å². The molecule has 0 unspecified atom stereocenters. The minimum Gasteiger partial charge on any atom is -0.497 e. The minimum atomic E-state index is -5.21. The van der Waals surface area contributed by atoms with Crippen molar-refractivity contribution in [1.82, 2.24) is 0 Å². The molecule has 0 saturated heterocycles. The molecule has 1 aliphatic heterocycles. The van der Waals surface area contributed by atoms with Crippen LogP contribution in [0.3, 0.4) is 0 Å². The molecule has 0 bridgehead atoms. The van der Waals surface area contributed by atoms with E-state index in [-0.39, 0.29) is 5.90 Å². The molecular weight excluding hydrogens is 718 g/mol. The number of ether oxygens (including phenoxy) is 5. The summed E-state index contributed by atoms with van der Waals surface area (Å²) in [6, 6.07) is 11.7. The van der Waals surface area contributed by atoms with Gasteiger partial charge < -0.3 is 23.7 Å². The molecule has 0 fully saturated rings. The first-order chi connectivity index (χ1) is 23.9. The molecule has 0 spiro atoms. The third kappa shape index (κ3) is 11.9. The number of hydrogen-bond donors (Lipinski definition) is 0. The SMILES string of the molecule is CCCCCCCCCCCCC#C[C@H]1OC(C(Cl)(Cl)Cl)=N[C@@H]1[C@@H](COc1ccc(OC)cc1)OC(=O)[C@@](OC)(c1ccccc1)C(F)(F)F. The van der Waals surface area contributed by atoms with Crippen LogP contribution in [0, 0.1) is 11.8 Å². The molecule has 0 aliphatic carbocycles. The van der Waals surface area contributed by atoms with E-state index in [1.165, 1.54) is 70.3 Å². The second kappa shape index (κ2) is 20.3. The Hall–Kier alpha value is -2.84. The molecule has 2 aromatic carbocycles. The number of rotatable bonds is 19. The van der Waals surface area contributed by atoms with E-state index >= 15 is 0 Å². The molecule has 7 nitrogen and oxygen atoms in total. The molecule has 1 aliphatic rings. The second-order valence-corrected chi connectivity index (χ2v) is 14.2. The third-order valence-electron chi connectivity index (χ3n) is 8.24. The van der Waals surface area contributed by atoms with Gasteiger partial charge in [0.2, 0.25) is 5.90 Å². The van der Waals surface area contributed by atoms with Gasteiger partial charge in [0.1, 0.15) is 24.1 Å². The van der Waals surface area contributed by atoms with E-state index in [2.05, 4.69) is 23.8 Å². The Kier molecular flexibility index (Phi) is 16.9. The monoisotopic (exact) mass is 761 g/mol. The molecule has 0 saturated carbocycles. The first-order valence-electron chi connectivity index (χ1n) is 16.8. The largest absolute Gasteiger partial charge is 0.497 e. The zero-order chi connectivity index (χ0) is 36.6. The summed E-state index contributed by atoms with van der Waals surface area (Å²) in [5, 5.41) is 0. The van der Waals surface area contributed by atoms with Crippen LogP contribution in [0.25, 0.3) is 0 Å². The lowest BCUT2D eigenvalue weighted by molar-refractivity contribution is -0.279. The number of alkyl halides is 6. The zero-order valence-electron chi connectivity index (χ0n) is 28.6. The molecule has 13 heteroatoms. The summed E-state index contributed by atoms with van der Waals surface area (Å²) in [4.78, 5) is 18.1. The van der Waals surface area contributed by atoms with Crippen molar-refractivity contribution in [2.45, 2.75) is 111 Å². The lowest BCUT2D eigenvalue weighted by atomic mass is 9.92. The summed E-state index contributed by atoms with van der Waals surface area (Å²) in [5.41, 5.74) is -3.94. The normalized spacial score (nSPS) is 17.8. The number of benzene rings is 2. The molecule has 0 radical (unpaired) electrons. The fourth-order valence-electron chi connectivity index (χ4n) is 5.49. The summed E-state index contributed by atoms with van der Waals surface area (Å²) < 4.78 is 69.6. The van der Waals surface area contributed by atoms with Crippen LogP contribution in [0.4, 0.5) is 13.2 Å². The van der Waals surface area contributed by atoms with E-state index in [0.717, 1.165) is 38.5 Å². The van der Waals surface area contributed by atoms with Crippen LogP contribution in [-0.2, 0) is 24.6 Å². The van der Waals surface area contributed by atoms with E-state index in [4.69, 9.17) is 58.5 Å². The van der Waals surface area contributed by atoms with Gasteiger partial charge in [-0.15, -0.1) is 0 Å². The average Bonchev–Trinajstić information content (AvgIpc) is 3.52. The number of nitrogens with zero attached hydrogens (tertiary/aromatic N) is 1. The van der Waals surface area contributed by atoms with Crippen LogP contribution < -0.4 is 9.47 Å². The predicted molar refractivity (Wildman–Crippen MR) is 190 cm³/mol. The molecule has 50 heavy (non-hydrogen) atoms. The van der Waals surface area contributed by atoms with Gasteiger partial charge in [-0.3, -0.25) is 0 Å². The van der Waals surface area contributed by atoms with E-state index in [0.29, 0.717) is 17.9 Å². The van der Waals surface area contributed by atoms with Crippen molar-refractivity contribution in [3.05, 3.63) is 60.2 Å². The Morgan fingerprint density at radius 2 is 1.46 bits per heavy atom. The summed E-state index contributed by atoms with van der Waals surface area (Å²) in [6.45, 7) is 1.75. The van der Waals surface area contributed by atoms with E-state index in [1.54, 1.807) is 24.3 Å². The van der Waals surface area contributed by atoms with E-state index in [9.17, 15) is 18.0 Å². The third-order valence-corrected chi connectivity index (χ3v) is 8.73. The quantitative estimate of drug-likeness (QED) is 0.0614. The molecule has 0 aromatic heterocycles. The number of carbonyl (C=O) groups is 1. The highest BCUT2D eigenvalue weighted by Gasteiger charge is 2.64. The Morgan fingerprint density at radius 3 is 2.00 bits per heavy atom. The van der Waals surface area contributed by atoms with Gasteiger partial charge in [0.15, 0.2) is 12.2 Å². The number of aliphatic imine (C=N–C) groups is 1. The Morgan fingerprint density at radius 1 is 0.880 bits per heavy atom. The molecule has 1 heterocycles.